The summed E-state index contributed by atoms with van der Waals surface area (Å²) in [6, 6.07) is 14.9. The highest BCUT2D eigenvalue weighted by molar-refractivity contribution is 7.81. The average molecular weight is 485 g/mol. The minimum Gasteiger partial charge on any atom is -0.867 e. The molecule has 0 atom stereocenters. The van der Waals surface area contributed by atoms with Gasteiger partial charge in [0.1, 0.15) is 0 Å². The molecule has 0 spiro atoms. The number of aryl methyl sites for hydroxylation is 2. The molecule has 6 heteroatoms. The number of nitrogens with one attached hydrogen (secondary N) is 1. The second-order valence-corrected chi connectivity index (χ2v) is 10.1. The third-order valence-electron chi connectivity index (χ3n) is 5.05. The first-order valence-electron chi connectivity index (χ1n) is 10.2. The molecule has 0 fully saturated rings. The Kier molecular flexibility index (Phi) is 7.29. The van der Waals surface area contributed by atoms with Crippen LogP contribution in [0.3, 0.4) is 0 Å². The van der Waals surface area contributed by atoms with Crippen molar-refractivity contribution in [2.75, 3.05) is 5.32 Å². The van der Waals surface area contributed by atoms with Crippen molar-refractivity contribution < 1.29 is 9.67 Å². The molecule has 0 unspecified atom stereocenters. The van der Waals surface area contributed by atoms with Crippen LogP contribution in [0.1, 0.15) is 43.0 Å². The highest BCUT2D eigenvalue weighted by Crippen LogP contribution is 2.27. The molecular weight excluding hydrogens is 459 g/mol. The zero-order chi connectivity index (χ0) is 23.6. The van der Waals surface area contributed by atoms with Crippen molar-refractivity contribution in [3.8, 4) is 0 Å². The van der Waals surface area contributed by atoms with Crippen LogP contribution in [0.5, 0.6) is 0 Å². The van der Waals surface area contributed by atoms with Gasteiger partial charge in [-0.1, -0.05) is 68.3 Å². The molecule has 3 rings (SSSR count). The molecule has 166 valence electrons. The molecule has 0 aliphatic rings. The molecule has 3 nitrogen and oxygen atoms in total. The zero-order valence-electron chi connectivity index (χ0n) is 18.8. The molecule has 2 aromatic carbocycles. The summed E-state index contributed by atoms with van der Waals surface area (Å²) >= 11 is 17.9. The van der Waals surface area contributed by atoms with E-state index in [0.29, 0.717) is 26.3 Å². The van der Waals surface area contributed by atoms with E-state index in [-0.39, 0.29) is 11.2 Å². The summed E-state index contributed by atoms with van der Waals surface area (Å²) in [6.07, 6.45) is 3.72. The van der Waals surface area contributed by atoms with Gasteiger partial charge in [0, 0.05) is 17.8 Å². The molecule has 3 aromatic rings. The van der Waals surface area contributed by atoms with Crippen molar-refractivity contribution >= 4 is 57.6 Å². The minimum absolute atomic E-state index is 0.00911. The predicted octanol–water partition coefficient (Wildman–Crippen LogP) is 6.32. The Hall–Kier alpha value is -2.40. The van der Waals surface area contributed by atoms with Crippen LogP contribution in [0, 0.1) is 13.8 Å². The third-order valence-corrected chi connectivity index (χ3v) is 6.08. The number of benzene rings is 2. The van der Waals surface area contributed by atoms with Gasteiger partial charge in [-0.2, -0.15) is 4.57 Å². The molecular formula is C26H26Cl2N2OS. The first kappa shape index (κ1) is 24.2. The quantitative estimate of drug-likeness (QED) is 0.203. The van der Waals surface area contributed by atoms with Crippen LogP contribution in [-0.4, -0.2) is 4.99 Å². The Morgan fingerprint density at radius 2 is 1.50 bits per heavy atom. The van der Waals surface area contributed by atoms with E-state index in [1.165, 1.54) is 0 Å². The smallest absolute Gasteiger partial charge is 0.238 e. The molecule has 1 heterocycles. The normalized spacial score (nSPS) is 12.3. The standard InChI is InChI=1S/C26H26Cl2N2OS/c1-16-12-17(2)14-20(13-16)29-25(32)23(24(31)18-6-7-21(27)22(28)15-18)30-10-8-19(9-11-30)26(3,4)5/h6-15H,1-5H3,(H-,29,31,32). The third kappa shape index (κ3) is 5.69. The lowest BCUT2D eigenvalue weighted by Gasteiger charge is -2.20. The van der Waals surface area contributed by atoms with Crippen LogP contribution in [-0.2, 0) is 5.41 Å². The summed E-state index contributed by atoms with van der Waals surface area (Å²) in [4.78, 5) is 0.319. The van der Waals surface area contributed by atoms with Gasteiger partial charge in [-0.05, 0) is 71.5 Å². The van der Waals surface area contributed by atoms with Crippen molar-refractivity contribution in [3.63, 3.8) is 0 Å². The molecule has 32 heavy (non-hydrogen) atoms. The van der Waals surface area contributed by atoms with E-state index in [1.807, 2.05) is 50.5 Å². The monoisotopic (exact) mass is 484 g/mol. The molecule has 0 amide bonds. The number of hydrogen-bond acceptors (Lipinski definition) is 2. The van der Waals surface area contributed by atoms with Crippen molar-refractivity contribution in [1.29, 1.82) is 0 Å². The Morgan fingerprint density at radius 3 is 2.03 bits per heavy atom. The summed E-state index contributed by atoms with van der Waals surface area (Å²) in [5.74, 6) is -0.251. The lowest BCUT2D eigenvalue weighted by molar-refractivity contribution is -0.577. The summed E-state index contributed by atoms with van der Waals surface area (Å²) in [5, 5.41) is 17.5. The van der Waals surface area contributed by atoms with Gasteiger partial charge >= 0.3 is 0 Å². The summed E-state index contributed by atoms with van der Waals surface area (Å²) in [7, 11) is 0. The van der Waals surface area contributed by atoms with E-state index in [1.54, 1.807) is 22.8 Å². The lowest BCUT2D eigenvalue weighted by atomic mass is 9.88. The van der Waals surface area contributed by atoms with Gasteiger partial charge in [-0.15, -0.1) is 0 Å². The number of thiocarbonyl (C=S) groups is 1. The van der Waals surface area contributed by atoms with Crippen molar-refractivity contribution in [1.82, 2.24) is 0 Å². The maximum absolute atomic E-state index is 13.6. The number of hydrogen-bond donors (Lipinski definition) is 1. The lowest BCUT2D eigenvalue weighted by Crippen LogP contribution is -2.40. The van der Waals surface area contributed by atoms with Gasteiger partial charge in [-0.3, -0.25) is 0 Å². The second-order valence-electron chi connectivity index (χ2n) is 8.88. The van der Waals surface area contributed by atoms with Gasteiger partial charge in [0.15, 0.2) is 17.4 Å². The van der Waals surface area contributed by atoms with Gasteiger partial charge in [0.25, 0.3) is 0 Å². The van der Waals surface area contributed by atoms with Crippen molar-refractivity contribution in [2.24, 2.45) is 0 Å². The van der Waals surface area contributed by atoms with E-state index >= 15 is 0 Å². The zero-order valence-corrected chi connectivity index (χ0v) is 21.1. The predicted molar refractivity (Wildman–Crippen MR) is 137 cm³/mol. The minimum atomic E-state index is -0.251. The fourth-order valence-electron chi connectivity index (χ4n) is 3.42. The summed E-state index contributed by atoms with van der Waals surface area (Å²) in [6.45, 7) is 10.5. The van der Waals surface area contributed by atoms with Crippen LogP contribution in [0.15, 0.2) is 60.9 Å². The first-order chi connectivity index (χ1) is 15.0. The molecule has 0 aliphatic heterocycles. The van der Waals surface area contributed by atoms with Crippen molar-refractivity contribution in [3.05, 3.63) is 93.2 Å². The molecule has 1 aromatic heterocycles. The molecule has 1 N–H and O–H groups in total. The number of halogens is 2. The fourth-order valence-corrected chi connectivity index (χ4v) is 4.04. The van der Waals surface area contributed by atoms with Gasteiger partial charge in [-0.25, -0.2) is 0 Å². The fraction of sp³-hybridized carbons (Fsp3) is 0.231. The van der Waals surface area contributed by atoms with Gasteiger partial charge in [0.05, 0.1) is 10.0 Å². The number of anilines is 1. The average Bonchev–Trinajstić information content (AvgIpc) is 2.69. The van der Waals surface area contributed by atoms with E-state index < -0.39 is 0 Å². The van der Waals surface area contributed by atoms with E-state index in [4.69, 9.17) is 35.4 Å². The maximum Gasteiger partial charge on any atom is 0.238 e. The molecule has 0 radical (unpaired) electrons. The SMILES string of the molecule is Cc1cc(C)cc(NC(=S)/C(=C(\[O-])c2ccc(Cl)c(Cl)c2)[n+]2ccc(C(C)(C)C)cc2)c1. The highest BCUT2D eigenvalue weighted by atomic mass is 35.5. The Bertz CT molecular complexity index is 1180. The number of aromatic nitrogens is 1. The first-order valence-corrected chi connectivity index (χ1v) is 11.4. The van der Waals surface area contributed by atoms with E-state index in [0.717, 1.165) is 22.4 Å². The second kappa shape index (κ2) is 9.62. The van der Waals surface area contributed by atoms with Crippen LogP contribution in [0.2, 0.25) is 10.0 Å². The largest absolute Gasteiger partial charge is 0.867 e. The van der Waals surface area contributed by atoms with E-state index in [9.17, 15) is 5.11 Å². The number of pyridine rings is 1. The van der Waals surface area contributed by atoms with E-state index in [2.05, 4.69) is 32.2 Å². The van der Waals surface area contributed by atoms with Crippen LogP contribution >= 0.6 is 35.4 Å². The summed E-state index contributed by atoms with van der Waals surface area (Å²) in [5.41, 5.74) is 4.93. The maximum atomic E-state index is 13.6. The Balaban J connectivity index is 2.11. The van der Waals surface area contributed by atoms with Crippen LogP contribution in [0.4, 0.5) is 5.69 Å². The Morgan fingerprint density at radius 1 is 0.906 bits per heavy atom. The Labute approximate surface area is 205 Å². The topological polar surface area (TPSA) is 39.0 Å². The van der Waals surface area contributed by atoms with Crippen LogP contribution < -0.4 is 15.0 Å². The molecule has 0 aliphatic carbocycles. The van der Waals surface area contributed by atoms with Gasteiger partial charge < -0.3 is 10.4 Å². The summed E-state index contributed by atoms with van der Waals surface area (Å²) < 4.78 is 1.75. The number of rotatable bonds is 4. The molecule has 0 saturated heterocycles. The van der Waals surface area contributed by atoms with Crippen molar-refractivity contribution in [2.45, 2.75) is 40.0 Å². The number of nitrogens with zero attached hydrogens (tertiary/aromatic N) is 1. The highest BCUT2D eigenvalue weighted by Gasteiger charge is 2.21. The van der Waals surface area contributed by atoms with Gasteiger partial charge in [0.2, 0.25) is 5.70 Å². The molecule has 0 bridgehead atoms. The van der Waals surface area contributed by atoms with Crippen LogP contribution in [0.25, 0.3) is 11.5 Å². The molecule has 0 saturated carbocycles.